The summed E-state index contributed by atoms with van der Waals surface area (Å²) < 4.78 is 12.3. The van der Waals surface area contributed by atoms with Crippen molar-refractivity contribution in [2.24, 2.45) is 0 Å². The largest absolute Gasteiger partial charge is 0.487 e. The van der Waals surface area contributed by atoms with E-state index >= 15 is 0 Å². The molecule has 3 heterocycles. The van der Waals surface area contributed by atoms with Crippen molar-refractivity contribution in [2.45, 2.75) is 44.4 Å². The van der Waals surface area contributed by atoms with Crippen LogP contribution in [0.3, 0.4) is 0 Å². The molecule has 0 atom stereocenters. The Labute approximate surface area is 208 Å². The third kappa shape index (κ3) is 6.94. The minimum absolute atomic E-state index is 0.199. The second kappa shape index (κ2) is 12.0. The number of hydrogen-bond donors (Lipinski definition) is 3. The Balaban J connectivity index is 1.29. The number of halogens is 1. The maximum absolute atomic E-state index is 12.6. The lowest BCUT2D eigenvalue weighted by Gasteiger charge is -2.28. The first-order valence-electron chi connectivity index (χ1n) is 11.7. The van der Waals surface area contributed by atoms with Gasteiger partial charge in [0.15, 0.2) is 0 Å². The van der Waals surface area contributed by atoms with Gasteiger partial charge in [-0.3, -0.25) is 19.1 Å². The summed E-state index contributed by atoms with van der Waals surface area (Å²) in [5.41, 5.74) is 0.193. The molecule has 0 amide bonds. The molecule has 3 aromatic heterocycles. The zero-order valence-electron chi connectivity index (χ0n) is 19.6. The summed E-state index contributed by atoms with van der Waals surface area (Å²) in [6.45, 7) is 1.66. The molecule has 0 bridgehead atoms. The van der Waals surface area contributed by atoms with Crippen molar-refractivity contribution in [3.63, 3.8) is 0 Å². The summed E-state index contributed by atoms with van der Waals surface area (Å²) in [7, 11) is 1.77. The maximum atomic E-state index is 12.6. The lowest BCUT2D eigenvalue weighted by atomic mass is 9.93. The van der Waals surface area contributed by atoms with Gasteiger partial charge in [-0.25, -0.2) is 0 Å². The van der Waals surface area contributed by atoms with E-state index in [1.807, 2.05) is 0 Å². The van der Waals surface area contributed by atoms with Gasteiger partial charge < -0.3 is 25.1 Å². The van der Waals surface area contributed by atoms with E-state index in [2.05, 4.69) is 20.6 Å². The SMILES string of the molecule is CO[C@H]1CC[C@H](NCCNc2ccc(-n3ccc(OCc4ccc(Cl)cn4)cc3=O)c(=O)[nH]2)CC1. The van der Waals surface area contributed by atoms with Crippen LogP contribution in [0.15, 0.2) is 58.4 Å². The molecule has 0 aliphatic heterocycles. The minimum Gasteiger partial charge on any atom is -0.487 e. The number of nitrogens with zero attached hydrogens (tertiary/aromatic N) is 2. The van der Waals surface area contributed by atoms with Crippen LogP contribution in [0, 0.1) is 0 Å². The van der Waals surface area contributed by atoms with Crippen LogP contribution in [0.25, 0.3) is 5.69 Å². The molecule has 4 rings (SSSR count). The molecule has 0 saturated heterocycles. The quantitative estimate of drug-likeness (QED) is 0.367. The molecule has 0 unspecified atom stereocenters. The van der Waals surface area contributed by atoms with Gasteiger partial charge in [-0.15, -0.1) is 0 Å². The predicted molar refractivity (Wildman–Crippen MR) is 136 cm³/mol. The highest BCUT2D eigenvalue weighted by atomic mass is 35.5. The fourth-order valence-electron chi connectivity index (χ4n) is 4.13. The topological polar surface area (TPSA) is 110 Å². The van der Waals surface area contributed by atoms with E-state index in [-0.39, 0.29) is 23.4 Å². The molecule has 1 aliphatic carbocycles. The number of aromatic nitrogens is 3. The van der Waals surface area contributed by atoms with Gasteiger partial charge in [0.2, 0.25) is 0 Å². The molecular formula is C25H30ClN5O4. The number of H-pyrrole nitrogens is 1. The van der Waals surface area contributed by atoms with E-state index < -0.39 is 0 Å². The summed E-state index contributed by atoms with van der Waals surface area (Å²) in [6, 6.07) is 10.3. The van der Waals surface area contributed by atoms with Crippen LogP contribution in [-0.4, -0.2) is 46.9 Å². The first kappa shape index (κ1) is 25.0. The lowest BCUT2D eigenvalue weighted by molar-refractivity contribution is 0.0627. The molecule has 9 nitrogen and oxygen atoms in total. The Hall–Kier alpha value is -3.14. The number of anilines is 1. The number of ether oxygens (including phenoxy) is 2. The molecule has 0 aromatic carbocycles. The summed E-state index contributed by atoms with van der Waals surface area (Å²) >= 11 is 5.83. The highest BCUT2D eigenvalue weighted by Crippen LogP contribution is 2.20. The van der Waals surface area contributed by atoms with Crippen LogP contribution in [0.4, 0.5) is 5.82 Å². The van der Waals surface area contributed by atoms with E-state index in [1.165, 1.54) is 23.0 Å². The van der Waals surface area contributed by atoms with E-state index in [0.717, 1.165) is 32.2 Å². The smallest absolute Gasteiger partial charge is 0.273 e. The zero-order chi connectivity index (χ0) is 24.6. The molecular weight excluding hydrogens is 470 g/mol. The Bertz CT molecular complexity index is 1220. The normalized spacial score (nSPS) is 17.8. The summed E-state index contributed by atoms with van der Waals surface area (Å²) in [5, 5.41) is 7.31. The Morgan fingerprint density at radius 2 is 1.94 bits per heavy atom. The molecule has 1 fully saturated rings. The van der Waals surface area contributed by atoms with E-state index in [4.69, 9.17) is 21.1 Å². The second-order valence-corrected chi connectivity index (χ2v) is 8.94. The molecule has 10 heteroatoms. The van der Waals surface area contributed by atoms with Gasteiger partial charge >= 0.3 is 0 Å². The van der Waals surface area contributed by atoms with Gasteiger partial charge in [-0.05, 0) is 56.0 Å². The molecule has 35 heavy (non-hydrogen) atoms. The Morgan fingerprint density at radius 1 is 1.11 bits per heavy atom. The lowest BCUT2D eigenvalue weighted by Crippen LogP contribution is -2.37. The number of aromatic amines is 1. The average molecular weight is 500 g/mol. The summed E-state index contributed by atoms with van der Waals surface area (Å²) in [5.74, 6) is 0.994. The average Bonchev–Trinajstić information content (AvgIpc) is 2.87. The van der Waals surface area contributed by atoms with Crippen LogP contribution in [0.1, 0.15) is 31.4 Å². The minimum atomic E-state index is -0.370. The van der Waals surface area contributed by atoms with Gasteiger partial charge in [0.05, 0.1) is 16.8 Å². The summed E-state index contributed by atoms with van der Waals surface area (Å²) in [6.07, 6.45) is 7.84. The predicted octanol–water partition coefficient (Wildman–Crippen LogP) is 3.11. The monoisotopic (exact) mass is 499 g/mol. The van der Waals surface area contributed by atoms with Crippen molar-refractivity contribution in [2.75, 3.05) is 25.5 Å². The third-order valence-corrected chi connectivity index (χ3v) is 6.32. The molecule has 186 valence electrons. The van der Waals surface area contributed by atoms with E-state index in [0.29, 0.717) is 41.0 Å². The highest BCUT2D eigenvalue weighted by molar-refractivity contribution is 6.30. The van der Waals surface area contributed by atoms with Crippen LogP contribution >= 0.6 is 11.6 Å². The van der Waals surface area contributed by atoms with Crippen LogP contribution in [-0.2, 0) is 11.3 Å². The standard InChI is InChI=1S/C25H30ClN5O4/c1-34-20-6-4-18(5-7-20)27-11-12-28-23-9-8-22(25(33)30-23)31-13-10-21(14-24(31)32)35-16-19-3-2-17(26)15-29-19/h2-3,8-10,13-15,18,20,27H,4-7,11-12,16H2,1H3,(H2,28,30,33)/t18-,20-. The van der Waals surface area contributed by atoms with E-state index in [1.54, 1.807) is 37.4 Å². The molecule has 0 radical (unpaired) electrons. The van der Waals surface area contributed by atoms with Crippen molar-refractivity contribution in [1.29, 1.82) is 0 Å². The Morgan fingerprint density at radius 3 is 2.63 bits per heavy atom. The molecule has 3 N–H and O–H groups in total. The molecule has 3 aromatic rings. The third-order valence-electron chi connectivity index (χ3n) is 6.10. The Kier molecular flexibility index (Phi) is 8.57. The second-order valence-electron chi connectivity index (χ2n) is 8.50. The number of pyridine rings is 3. The number of methoxy groups -OCH3 is 1. The molecule has 1 aliphatic rings. The van der Waals surface area contributed by atoms with Crippen molar-refractivity contribution in [3.05, 3.63) is 80.2 Å². The number of rotatable bonds is 10. The van der Waals surface area contributed by atoms with E-state index in [9.17, 15) is 9.59 Å². The highest BCUT2D eigenvalue weighted by Gasteiger charge is 2.19. The van der Waals surface area contributed by atoms with Gasteiger partial charge in [0, 0.05) is 44.7 Å². The van der Waals surface area contributed by atoms with Gasteiger partial charge in [0.1, 0.15) is 23.9 Å². The number of hydrogen-bond acceptors (Lipinski definition) is 7. The van der Waals surface area contributed by atoms with Crippen molar-refractivity contribution in [1.82, 2.24) is 19.9 Å². The van der Waals surface area contributed by atoms with Crippen molar-refractivity contribution < 1.29 is 9.47 Å². The van der Waals surface area contributed by atoms with Gasteiger partial charge in [0.25, 0.3) is 11.1 Å². The zero-order valence-corrected chi connectivity index (χ0v) is 20.4. The fourth-order valence-corrected chi connectivity index (χ4v) is 4.25. The van der Waals surface area contributed by atoms with Crippen LogP contribution in [0.2, 0.25) is 5.02 Å². The maximum Gasteiger partial charge on any atom is 0.273 e. The first-order chi connectivity index (χ1) is 17.0. The van der Waals surface area contributed by atoms with Crippen LogP contribution in [0.5, 0.6) is 5.75 Å². The van der Waals surface area contributed by atoms with Crippen molar-refractivity contribution >= 4 is 17.4 Å². The van der Waals surface area contributed by atoms with Crippen molar-refractivity contribution in [3.8, 4) is 11.4 Å². The number of nitrogens with one attached hydrogen (secondary N) is 3. The van der Waals surface area contributed by atoms with Gasteiger partial charge in [-0.1, -0.05) is 11.6 Å². The summed E-state index contributed by atoms with van der Waals surface area (Å²) in [4.78, 5) is 32.2. The van der Waals surface area contributed by atoms with Gasteiger partial charge in [-0.2, -0.15) is 0 Å². The molecule has 0 spiro atoms. The molecule has 1 saturated carbocycles. The first-order valence-corrected chi connectivity index (χ1v) is 12.1. The van der Waals surface area contributed by atoms with Crippen LogP contribution < -0.4 is 26.5 Å². The fraction of sp³-hybridized carbons (Fsp3) is 0.400.